The maximum absolute atomic E-state index is 12.7. The van der Waals surface area contributed by atoms with E-state index in [0.717, 1.165) is 0 Å². The van der Waals surface area contributed by atoms with Crippen molar-refractivity contribution < 1.29 is 14.0 Å². The van der Waals surface area contributed by atoms with Crippen molar-refractivity contribution in [3.05, 3.63) is 29.8 Å². The van der Waals surface area contributed by atoms with Gasteiger partial charge in [0.1, 0.15) is 0 Å². The zero-order valence-electron chi connectivity index (χ0n) is 6.37. The summed E-state index contributed by atoms with van der Waals surface area (Å²) in [5, 5.41) is 0. The molecule has 4 nitrogen and oxygen atoms in total. The monoisotopic (exact) mass is 170 g/mol. The van der Waals surface area contributed by atoms with Crippen molar-refractivity contribution in [3.63, 3.8) is 0 Å². The standard InChI is InChI=1S/C7H7FN2O2/c1-12-10-7(11)5-3-2-4-9-6(5)8/h2-4H,1H3,(H,10,11). The van der Waals surface area contributed by atoms with Crippen molar-refractivity contribution in [1.29, 1.82) is 0 Å². The molecule has 0 aromatic carbocycles. The van der Waals surface area contributed by atoms with Crippen LogP contribution in [-0.2, 0) is 4.84 Å². The van der Waals surface area contributed by atoms with E-state index in [0.29, 0.717) is 0 Å². The van der Waals surface area contributed by atoms with E-state index < -0.39 is 11.9 Å². The van der Waals surface area contributed by atoms with E-state index in [2.05, 4.69) is 9.82 Å². The van der Waals surface area contributed by atoms with E-state index in [1.54, 1.807) is 0 Å². The van der Waals surface area contributed by atoms with E-state index in [4.69, 9.17) is 0 Å². The Morgan fingerprint density at radius 3 is 3.08 bits per heavy atom. The van der Waals surface area contributed by atoms with Gasteiger partial charge >= 0.3 is 0 Å². The van der Waals surface area contributed by atoms with Crippen LogP contribution in [0.1, 0.15) is 10.4 Å². The minimum absolute atomic E-state index is 0.139. The van der Waals surface area contributed by atoms with Gasteiger partial charge in [0.2, 0.25) is 5.95 Å². The highest BCUT2D eigenvalue weighted by molar-refractivity contribution is 5.93. The molecular weight excluding hydrogens is 163 g/mol. The quantitative estimate of drug-likeness (QED) is 0.519. The molecule has 1 aromatic heterocycles. The molecule has 0 fully saturated rings. The minimum Gasteiger partial charge on any atom is -0.277 e. The van der Waals surface area contributed by atoms with Crippen molar-refractivity contribution in [2.45, 2.75) is 0 Å². The van der Waals surface area contributed by atoms with E-state index in [1.807, 2.05) is 5.48 Å². The number of hydroxylamine groups is 1. The predicted octanol–water partition coefficient (Wildman–Crippen LogP) is 0.512. The van der Waals surface area contributed by atoms with Crippen molar-refractivity contribution in [1.82, 2.24) is 10.5 Å². The van der Waals surface area contributed by atoms with Crippen molar-refractivity contribution in [2.75, 3.05) is 7.11 Å². The third-order valence-corrected chi connectivity index (χ3v) is 1.20. The van der Waals surface area contributed by atoms with E-state index in [-0.39, 0.29) is 5.56 Å². The Bertz CT molecular complexity index is 290. The van der Waals surface area contributed by atoms with E-state index >= 15 is 0 Å². The number of carbonyl (C=O) groups is 1. The fourth-order valence-corrected chi connectivity index (χ4v) is 0.703. The normalized spacial score (nSPS) is 9.50. The number of halogens is 1. The number of carbonyl (C=O) groups excluding carboxylic acids is 1. The Morgan fingerprint density at radius 1 is 1.75 bits per heavy atom. The van der Waals surface area contributed by atoms with Gasteiger partial charge in [-0.05, 0) is 12.1 Å². The molecule has 0 bridgehead atoms. The number of hydrogen-bond donors (Lipinski definition) is 1. The van der Waals surface area contributed by atoms with Crippen molar-refractivity contribution in [3.8, 4) is 0 Å². The highest BCUT2D eigenvalue weighted by Crippen LogP contribution is 2.01. The van der Waals surface area contributed by atoms with Gasteiger partial charge in [0.05, 0.1) is 12.7 Å². The lowest BCUT2D eigenvalue weighted by molar-refractivity contribution is 0.0532. The number of aromatic nitrogens is 1. The summed E-state index contributed by atoms with van der Waals surface area (Å²) in [5.74, 6) is -1.46. The van der Waals surface area contributed by atoms with Gasteiger partial charge in [0.15, 0.2) is 0 Å². The molecular formula is C7H7FN2O2. The van der Waals surface area contributed by atoms with Crippen LogP contribution in [0.2, 0.25) is 0 Å². The van der Waals surface area contributed by atoms with Gasteiger partial charge in [-0.3, -0.25) is 9.63 Å². The van der Waals surface area contributed by atoms with Gasteiger partial charge < -0.3 is 0 Å². The number of nitrogens with one attached hydrogen (secondary N) is 1. The summed E-state index contributed by atoms with van der Waals surface area (Å²) >= 11 is 0. The highest BCUT2D eigenvalue weighted by Gasteiger charge is 2.10. The number of nitrogens with zero attached hydrogens (tertiary/aromatic N) is 1. The van der Waals surface area contributed by atoms with Gasteiger partial charge in [0, 0.05) is 6.20 Å². The molecule has 5 heteroatoms. The van der Waals surface area contributed by atoms with Crippen LogP contribution in [-0.4, -0.2) is 18.0 Å². The fourth-order valence-electron chi connectivity index (χ4n) is 0.703. The molecule has 0 unspecified atom stereocenters. The second kappa shape index (κ2) is 3.77. The van der Waals surface area contributed by atoms with Crippen molar-refractivity contribution in [2.24, 2.45) is 0 Å². The molecule has 0 saturated heterocycles. The molecule has 1 N–H and O–H groups in total. The van der Waals surface area contributed by atoms with E-state index in [1.165, 1.54) is 25.4 Å². The van der Waals surface area contributed by atoms with Gasteiger partial charge in [-0.25, -0.2) is 10.5 Å². The number of hydrogen-bond acceptors (Lipinski definition) is 3. The molecule has 1 amide bonds. The molecule has 12 heavy (non-hydrogen) atoms. The molecule has 1 aromatic rings. The fraction of sp³-hybridized carbons (Fsp3) is 0.143. The van der Waals surface area contributed by atoms with E-state index in [9.17, 15) is 9.18 Å². The molecule has 0 saturated carbocycles. The minimum atomic E-state index is -0.813. The summed E-state index contributed by atoms with van der Waals surface area (Å²) < 4.78 is 12.7. The second-order valence-electron chi connectivity index (χ2n) is 1.98. The maximum atomic E-state index is 12.7. The molecule has 0 atom stereocenters. The molecule has 1 rings (SSSR count). The third kappa shape index (κ3) is 1.76. The van der Waals surface area contributed by atoms with Crippen LogP contribution in [0.15, 0.2) is 18.3 Å². The second-order valence-corrected chi connectivity index (χ2v) is 1.98. The summed E-state index contributed by atoms with van der Waals surface area (Å²) in [6.45, 7) is 0. The number of amides is 1. The summed E-state index contributed by atoms with van der Waals surface area (Å²) in [5.41, 5.74) is 1.84. The zero-order chi connectivity index (χ0) is 8.97. The first kappa shape index (κ1) is 8.61. The first-order chi connectivity index (χ1) is 5.75. The van der Waals surface area contributed by atoms with Gasteiger partial charge in [-0.2, -0.15) is 4.39 Å². The van der Waals surface area contributed by atoms with Gasteiger partial charge in [-0.15, -0.1) is 0 Å². The number of rotatable bonds is 2. The van der Waals surface area contributed by atoms with Crippen LogP contribution in [0.25, 0.3) is 0 Å². The molecule has 0 spiro atoms. The topological polar surface area (TPSA) is 51.2 Å². The third-order valence-electron chi connectivity index (χ3n) is 1.20. The molecule has 1 heterocycles. The van der Waals surface area contributed by atoms with Gasteiger partial charge in [-0.1, -0.05) is 0 Å². The number of pyridine rings is 1. The summed E-state index contributed by atoms with van der Waals surface area (Å²) in [6, 6.07) is 2.78. The Kier molecular flexibility index (Phi) is 2.71. The lowest BCUT2D eigenvalue weighted by atomic mass is 10.3. The Labute approximate surface area is 68.3 Å². The smallest absolute Gasteiger partial charge is 0.277 e. The van der Waals surface area contributed by atoms with Crippen LogP contribution in [0.4, 0.5) is 4.39 Å². The summed E-state index contributed by atoms with van der Waals surface area (Å²) in [6.07, 6.45) is 1.26. The van der Waals surface area contributed by atoms with Crippen LogP contribution in [0.3, 0.4) is 0 Å². The van der Waals surface area contributed by atoms with Crippen LogP contribution < -0.4 is 5.48 Å². The molecule has 0 radical (unpaired) electrons. The molecule has 0 aliphatic carbocycles. The summed E-state index contributed by atoms with van der Waals surface area (Å²) in [7, 11) is 1.27. The van der Waals surface area contributed by atoms with Crippen molar-refractivity contribution >= 4 is 5.91 Å². The lowest BCUT2D eigenvalue weighted by Gasteiger charge is -2.00. The average Bonchev–Trinajstić information content (AvgIpc) is 2.05. The Balaban J connectivity index is 2.87. The van der Waals surface area contributed by atoms with Crippen LogP contribution in [0.5, 0.6) is 0 Å². The average molecular weight is 170 g/mol. The summed E-state index contributed by atoms with van der Waals surface area (Å²) in [4.78, 5) is 18.6. The molecule has 0 aliphatic heterocycles. The lowest BCUT2D eigenvalue weighted by Crippen LogP contribution is -2.23. The molecule has 0 aliphatic rings. The first-order valence-electron chi connectivity index (χ1n) is 3.19. The first-order valence-corrected chi connectivity index (χ1v) is 3.19. The largest absolute Gasteiger partial charge is 0.279 e. The molecule has 64 valence electrons. The van der Waals surface area contributed by atoms with Crippen LogP contribution in [0, 0.1) is 5.95 Å². The zero-order valence-corrected chi connectivity index (χ0v) is 6.37. The maximum Gasteiger partial charge on any atom is 0.279 e. The highest BCUT2D eigenvalue weighted by atomic mass is 19.1. The predicted molar refractivity (Wildman–Crippen MR) is 38.7 cm³/mol. The Hall–Kier alpha value is -1.49. The Morgan fingerprint density at radius 2 is 2.50 bits per heavy atom. The van der Waals surface area contributed by atoms with Gasteiger partial charge in [0.25, 0.3) is 5.91 Å². The van der Waals surface area contributed by atoms with Crippen LogP contribution >= 0.6 is 0 Å². The SMILES string of the molecule is CONC(=O)c1cccnc1F.